The lowest BCUT2D eigenvalue weighted by molar-refractivity contribution is -0.251. The van der Waals surface area contributed by atoms with E-state index in [1.807, 2.05) is 0 Å². The number of phosphoric acid groups is 1. The van der Waals surface area contributed by atoms with Crippen LogP contribution < -0.4 is 5.32 Å². The van der Waals surface area contributed by atoms with Gasteiger partial charge in [0.2, 0.25) is 5.91 Å². The van der Waals surface area contributed by atoms with Crippen LogP contribution in [0.3, 0.4) is 0 Å². The molecule has 0 saturated carbocycles. The van der Waals surface area contributed by atoms with Crippen molar-refractivity contribution in [1.82, 2.24) is 5.32 Å². The zero-order valence-corrected chi connectivity index (χ0v) is 10.8. The molecule has 1 heterocycles. The van der Waals surface area contributed by atoms with Gasteiger partial charge in [0, 0.05) is 6.92 Å². The summed E-state index contributed by atoms with van der Waals surface area (Å²) in [4.78, 5) is 28.5. The van der Waals surface area contributed by atoms with E-state index in [-0.39, 0.29) is 0 Å². The maximum atomic E-state index is 11.0. The van der Waals surface area contributed by atoms with Crippen LogP contribution >= 0.6 is 7.82 Å². The van der Waals surface area contributed by atoms with Crippen molar-refractivity contribution in [2.75, 3.05) is 6.61 Å². The molecule has 1 aliphatic heterocycles. The van der Waals surface area contributed by atoms with Gasteiger partial charge in [-0.1, -0.05) is 0 Å². The lowest BCUT2D eigenvalue weighted by atomic mass is 9.97. The van der Waals surface area contributed by atoms with Crippen molar-refractivity contribution in [3.63, 3.8) is 0 Å². The van der Waals surface area contributed by atoms with Gasteiger partial charge in [0.15, 0.2) is 6.29 Å². The van der Waals surface area contributed by atoms with Gasteiger partial charge in [-0.15, -0.1) is 0 Å². The number of rotatable bonds is 4. The third-order valence-electron chi connectivity index (χ3n) is 2.50. The van der Waals surface area contributed by atoms with Gasteiger partial charge in [0.25, 0.3) is 0 Å². The highest BCUT2D eigenvalue weighted by molar-refractivity contribution is 7.46. The number of carbonyl (C=O) groups is 1. The molecule has 6 N–H and O–H groups in total. The topological polar surface area (TPSA) is 166 Å². The number of hydrogen-bond acceptors (Lipinski definition) is 7. The number of amides is 1. The Morgan fingerprint density at radius 1 is 1.42 bits per heavy atom. The quantitative estimate of drug-likeness (QED) is 0.297. The fraction of sp³-hybridized carbons (Fsp3) is 0.875. The number of ether oxygens (including phenoxy) is 1. The van der Waals surface area contributed by atoms with E-state index >= 15 is 0 Å². The highest BCUT2D eigenvalue weighted by Crippen LogP contribution is 2.41. The van der Waals surface area contributed by atoms with Crippen molar-refractivity contribution in [1.29, 1.82) is 0 Å². The molecule has 5 atom stereocenters. The minimum atomic E-state index is -4.98. The van der Waals surface area contributed by atoms with Crippen LogP contribution in [0.4, 0.5) is 0 Å². The molecule has 0 aromatic rings. The fourth-order valence-electron chi connectivity index (χ4n) is 1.76. The molecule has 19 heavy (non-hydrogen) atoms. The Morgan fingerprint density at radius 2 is 2.00 bits per heavy atom. The third-order valence-corrected chi connectivity index (χ3v) is 3.02. The van der Waals surface area contributed by atoms with Crippen molar-refractivity contribution < 1.29 is 43.7 Å². The average molecular weight is 301 g/mol. The highest BCUT2D eigenvalue weighted by Gasteiger charge is 2.48. The lowest BCUT2D eigenvalue weighted by Crippen LogP contribution is -2.64. The molecule has 0 radical (unpaired) electrons. The van der Waals surface area contributed by atoms with E-state index < -0.39 is 51.0 Å². The zero-order valence-electron chi connectivity index (χ0n) is 9.91. The Morgan fingerprint density at radius 3 is 2.42 bits per heavy atom. The second kappa shape index (κ2) is 6.25. The van der Waals surface area contributed by atoms with Gasteiger partial charge in [0.05, 0.1) is 6.61 Å². The molecular weight excluding hydrogens is 285 g/mol. The summed E-state index contributed by atoms with van der Waals surface area (Å²) < 4.78 is 20.0. The summed E-state index contributed by atoms with van der Waals surface area (Å²) in [5, 5.41) is 30.5. The Labute approximate surface area is 108 Å². The molecule has 1 saturated heterocycles. The second-order valence-electron chi connectivity index (χ2n) is 4.03. The Hall–Kier alpha value is -0.580. The van der Waals surface area contributed by atoms with Gasteiger partial charge < -0.3 is 35.2 Å². The minimum absolute atomic E-state index is 0.624. The minimum Gasteiger partial charge on any atom is -0.394 e. The van der Waals surface area contributed by atoms with Gasteiger partial charge in [-0.2, -0.15) is 0 Å². The first-order valence-corrected chi connectivity index (χ1v) is 6.82. The first-order valence-electron chi connectivity index (χ1n) is 5.29. The van der Waals surface area contributed by atoms with Crippen molar-refractivity contribution in [3.8, 4) is 0 Å². The molecule has 1 amide bonds. The largest absolute Gasteiger partial charge is 0.470 e. The van der Waals surface area contributed by atoms with Crippen LogP contribution in [0.1, 0.15) is 6.92 Å². The summed E-state index contributed by atoms with van der Waals surface area (Å²) in [6.07, 6.45) is -6.26. The fourth-order valence-corrected chi connectivity index (χ4v) is 2.33. The monoisotopic (exact) mass is 301 g/mol. The smallest absolute Gasteiger partial charge is 0.394 e. The SMILES string of the molecule is CC(=O)N[C@H]1C(O)O[C@H](CO)[C@H](O)[C@@H]1OP(=O)(O)O. The second-order valence-corrected chi connectivity index (χ2v) is 5.22. The maximum absolute atomic E-state index is 11.0. The predicted octanol–water partition coefficient (Wildman–Crippen LogP) is -2.96. The molecule has 1 rings (SSSR count). The van der Waals surface area contributed by atoms with Crippen molar-refractivity contribution in [2.45, 2.75) is 37.6 Å². The van der Waals surface area contributed by atoms with E-state index in [2.05, 4.69) is 9.84 Å². The zero-order chi connectivity index (χ0) is 14.8. The number of aliphatic hydroxyl groups is 3. The molecule has 0 bridgehead atoms. The summed E-state index contributed by atoms with van der Waals surface area (Å²) in [5.41, 5.74) is 0. The van der Waals surface area contributed by atoms with E-state index in [1.54, 1.807) is 0 Å². The van der Waals surface area contributed by atoms with Gasteiger partial charge >= 0.3 is 7.82 Å². The van der Waals surface area contributed by atoms with Crippen molar-refractivity contribution >= 4 is 13.7 Å². The predicted molar refractivity (Wildman–Crippen MR) is 58.5 cm³/mol. The molecule has 0 aromatic carbocycles. The number of aliphatic hydroxyl groups excluding tert-OH is 3. The summed E-state index contributed by atoms with van der Waals surface area (Å²) in [5.74, 6) is -0.624. The van der Waals surface area contributed by atoms with Crippen molar-refractivity contribution in [3.05, 3.63) is 0 Å². The summed E-state index contributed by atoms with van der Waals surface area (Å²) in [7, 11) is -4.98. The van der Waals surface area contributed by atoms with Gasteiger partial charge in [-0.05, 0) is 0 Å². The highest BCUT2D eigenvalue weighted by atomic mass is 31.2. The van der Waals surface area contributed by atoms with Crippen LogP contribution in [0.25, 0.3) is 0 Å². The molecule has 1 aliphatic rings. The van der Waals surface area contributed by atoms with E-state index in [1.165, 1.54) is 0 Å². The molecule has 0 aromatic heterocycles. The van der Waals surface area contributed by atoms with E-state index in [0.717, 1.165) is 6.92 Å². The van der Waals surface area contributed by atoms with E-state index in [0.29, 0.717) is 0 Å². The Kier molecular flexibility index (Phi) is 5.42. The van der Waals surface area contributed by atoms with E-state index in [4.69, 9.17) is 19.6 Å². The van der Waals surface area contributed by atoms with Crippen LogP contribution in [0.2, 0.25) is 0 Å². The molecule has 1 fully saturated rings. The Bertz CT molecular complexity index is 371. The molecule has 0 aliphatic carbocycles. The first kappa shape index (κ1) is 16.5. The summed E-state index contributed by atoms with van der Waals surface area (Å²) in [6.45, 7) is 0.401. The number of hydrogen-bond donors (Lipinski definition) is 6. The molecular formula is C8H16NO9P. The van der Waals surface area contributed by atoms with Gasteiger partial charge in [-0.25, -0.2) is 4.57 Å². The Balaban J connectivity index is 2.96. The number of nitrogens with one attached hydrogen (secondary N) is 1. The normalized spacial score (nSPS) is 36.0. The van der Waals surface area contributed by atoms with Gasteiger partial charge in [0.1, 0.15) is 24.4 Å². The molecule has 112 valence electrons. The average Bonchev–Trinajstić information content (AvgIpc) is 2.26. The number of carbonyl (C=O) groups excluding carboxylic acids is 1. The number of phosphoric ester groups is 1. The van der Waals surface area contributed by atoms with Crippen molar-refractivity contribution in [2.24, 2.45) is 0 Å². The first-order chi connectivity index (χ1) is 8.65. The van der Waals surface area contributed by atoms with Crippen LogP contribution in [-0.2, 0) is 18.6 Å². The maximum Gasteiger partial charge on any atom is 0.470 e. The lowest BCUT2D eigenvalue weighted by Gasteiger charge is -2.42. The van der Waals surface area contributed by atoms with Crippen LogP contribution in [0.5, 0.6) is 0 Å². The van der Waals surface area contributed by atoms with Crippen LogP contribution in [0, 0.1) is 0 Å². The van der Waals surface area contributed by atoms with Gasteiger partial charge in [-0.3, -0.25) is 9.32 Å². The summed E-state index contributed by atoms with van der Waals surface area (Å²) in [6, 6.07) is -1.39. The molecule has 10 nitrogen and oxygen atoms in total. The van der Waals surface area contributed by atoms with E-state index in [9.17, 15) is 19.6 Å². The molecule has 0 spiro atoms. The summed E-state index contributed by atoms with van der Waals surface area (Å²) >= 11 is 0. The molecule has 11 heteroatoms. The third kappa shape index (κ3) is 4.48. The van der Waals surface area contributed by atoms with Crippen LogP contribution in [0.15, 0.2) is 0 Å². The van der Waals surface area contributed by atoms with Crippen LogP contribution in [-0.4, -0.2) is 68.3 Å². The standard InChI is InChI=1S/C8H16NO9P/c1-3(11)9-5-7(18-19(14,15)16)6(12)4(2-10)17-8(5)13/h4-8,10,12-13H,2H2,1H3,(H,9,11)(H2,14,15,16)/t4-,5-,6+,7-,8?/m1/s1. The molecule has 1 unspecified atom stereocenters.